The predicted octanol–water partition coefficient (Wildman–Crippen LogP) is 2.22. The van der Waals surface area contributed by atoms with Crippen LogP contribution < -0.4 is 21.7 Å². The summed E-state index contributed by atoms with van der Waals surface area (Å²) in [5.41, 5.74) is 7.27. The third-order valence-corrected chi connectivity index (χ3v) is 2.54. The van der Waals surface area contributed by atoms with Gasteiger partial charge in [-0.25, -0.2) is 9.59 Å². The highest BCUT2D eigenvalue weighted by Gasteiger charge is 2.15. The van der Waals surface area contributed by atoms with Crippen molar-refractivity contribution in [2.45, 2.75) is 33.3 Å². The fourth-order valence-electron chi connectivity index (χ4n) is 1.60. The Morgan fingerprint density at radius 3 is 2.45 bits per heavy atom. The van der Waals surface area contributed by atoms with Gasteiger partial charge < -0.3 is 26.4 Å². The number of rotatable bonds is 4. The number of carbonyl (C=O) groups excluding carboxylic acids is 2. The summed E-state index contributed by atoms with van der Waals surface area (Å²) in [6.45, 7) is 7.80. The fraction of sp³-hybridized carbons (Fsp3) is 0.467. The molecule has 1 aromatic rings. The van der Waals surface area contributed by atoms with E-state index in [1.807, 2.05) is 13.0 Å². The van der Waals surface area contributed by atoms with Gasteiger partial charge in [0.25, 0.3) is 0 Å². The highest BCUT2D eigenvalue weighted by molar-refractivity contribution is 5.92. The SMILES string of the molecule is Cc1ccc(N)c(NC(=O)NCCNC(=O)OC(C)(C)C)c1. The third kappa shape index (κ3) is 6.83. The molecule has 0 aliphatic rings. The molecular weight excluding hydrogens is 284 g/mol. The van der Waals surface area contributed by atoms with E-state index >= 15 is 0 Å². The van der Waals surface area contributed by atoms with Crippen LogP contribution in [0.15, 0.2) is 18.2 Å². The van der Waals surface area contributed by atoms with E-state index < -0.39 is 11.7 Å². The molecule has 0 aliphatic heterocycles. The third-order valence-electron chi connectivity index (χ3n) is 2.54. The number of hydrogen-bond donors (Lipinski definition) is 4. The van der Waals surface area contributed by atoms with Crippen LogP contribution in [0, 0.1) is 6.92 Å². The number of nitrogens with two attached hydrogens (primary N) is 1. The number of anilines is 2. The molecule has 7 heteroatoms. The molecule has 0 radical (unpaired) electrons. The first kappa shape index (κ1) is 17.6. The van der Waals surface area contributed by atoms with E-state index in [4.69, 9.17) is 10.5 Å². The van der Waals surface area contributed by atoms with Gasteiger partial charge in [0.1, 0.15) is 5.60 Å². The van der Waals surface area contributed by atoms with Crippen LogP contribution in [0.1, 0.15) is 26.3 Å². The lowest BCUT2D eigenvalue weighted by Crippen LogP contribution is -2.39. The van der Waals surface area contributed by atoms with Crippen molar-refractivity contribution < 1.29 is 14.3 Å². The van der Waals surface area contributed by atoms with Crippen molar-refractivity contribution in [1.82, 2.24) is 10.6 Å². The van der Waals surface area contributed by atoms with E-state index in [0.29, 0.717) is 11.4 Å². The minimum Gasteiger partial charge on any atom is -0.444 e. The first-order chi connectivity index (χ1) is 10.2. The minimum absolute atomic E-state index is 0.269. The molecule has 0 saturated carbocycles. The van der Waals surface area contributed by atoms with Gasteiger partial charge in [-0.3, -0.25) is 0 Å². The lowest BCUT2D eigenvalue weighted by molar-refractivity contribution is 0.0528. The summed E-state index contributed by atoms with van der Waals surface area (Å²) in [6.07, 6.45) is -0.516. The largest absolute Gasteiger partial charge is 0.444 e. The topological polar surface area (TPSA) is 105 Å². The molecule has 1 aromatic carbocycles. The monoisotopic (exact) mass is 308 g/mol. The van der Waals surface area contributed by atoms with Crippen LogP contribution in [0.3, 0.4) is 0 Å². The molecule has 0 saturated heterocycles. The van der Waals surface area contributed by atoms with E-state index in [9.17, 15) is 9.59 Å². The number of aryl methyl sites for hydroxylation is 1. The summed E-state index contributed by atoms with van der Waals surface area (Å²) < 4.78 is 5.07. The second kappa shape index (κ2) is 7.53. The maximum absolute atomic E-state index is 11.7. The molecule has 0 fully saturated rings. The Bertz CT molecular complexity index is 538. The van der Waals surface area contributed by atoms with Crippen molar-refractivity contribution >= 4 is 23.5 Å². The van der Waals surface area contributed by atoms with Crippen molar-refractivity contribution in [3.63, 3.8) is 0 Å². The van der Waals surface area contributed by atoms with Gasteiger partial charge in [-0.2, -0.15) is 0 Å². The molecule has 0 aliphatic carbocycles. The molecule has 0 bridgehead atoms. The van der Waals surface area contributed by atoms with Crippen molar-refractivity contribution in [3.05, 3.63) is 23.8 Å². The summed E-state index contributed by atoms with van der Waals surface area (Å²) in [6, 6.07) is 5.00. The Morgan fingerprint density at radius 2 is 1.82 bits per heavy atom. The average molecular weight is 308 g/mol. The van der Waals surface area contributed by atoms with E-state index in [-0.39, 0.29) is 19.1 Å². The summed E-state index contributed by atoms with van der Waals surface area (Å²) in [4.78, 5) is 23.1. The van der Waals surface area contributed by atoms with Crippen molar-refractivity contribution in [2.75, 3.05) is 24.1 Å². The number of nitrogen functional groups attached to an aromatic ring is 1. The number of nitrogens with one attached hydrogen (secondary N) is 3. The minimum atomic E-state index is -0.544. The molecule has 22 heavy (non-hydrogen) atoms. The predicted molar refractivity (Wildman–Crippen MR) is 86.8 cm³/mol. The Morgan fingerprint density at radius 1 is 1.18 bits per heavy atom. The smallest absolute Gasteiger partial charge is 0.407 e. The van der Waals surface area contributed by atoms with Gasteiger partial charge in [-0.05, 0) is 45.4 Å². The number of benzene rings is 1. The molecule has 3 amide bonds. The fourth-order valence-corrected chi connectivity index (χ4v) is 1.60. The number of amides is 3. The maximum Gasteiger partial charge on any atom is 0.407 e. The van der Waals surface area contributed by atoms with Crippen LogP contribution in [0.4, 0.5) is 21.0 Å². The number of alkyl carbamates (subject to hydrolysis) is 1. The Hall–Kier alpha value is -2.44. The van der Waals surface area contributed by atoms with Gasteiger partial charge in [0.2, 0.25) is 0 Å². The molecule has 0 aromatic heterocycles. The van der Waals surface area contributed by atoms with E-state index in [1.165, 1.54) is 0 Å². The van der Waals surface area contributed by atoms with Crippen molar-refractivity contribution in [3.8, 4) is 0 Å². The van der Waals surface area contributed by atoms with Crippen LogP contribution in [0.5, 0.6) is 0 Å². The first-order valence-electron chi connectivity index (χ1n) is 7.05. The molecule has 0 unspecified atom stereocenters. The number of carbonyl (C=O) groups is 2. The quantitative estimate of drug-likeness (QED) is 0.505. The van der Waals surface area contributed by atoms with Crippen molar-refractivity contribution in [2.24, 2.45) is 0 Å². The Kier molecular flexibility index (Phi) is 6.03. The van der Waals surface area contributed by atoms with E-state index in [1.54, 1.807) is 32.9 Å². The first-order valence-corrected chi connectivity index (χ1v) is 7.05. The van der Waals surface area contributed by atoms with Gasteiger partial charge in [0, 0.05) is 13.1 Å². The van der Waals surface area contributed by atoms with Gasteiger partial charge in [0.15, 0.2) is 0 Å². The molecule has 5 N–H and O–H groups in total. The number of urea groups is 1. The normalized spacial score (nSPS) is 10.7. The molecule has 0 heterocycles. The van der Waals surface area contributed by atoms with E-state index in [0.717, 1.165) is 5.56 Å². The zero-order chi connectivity index (χ0) is 16.8. The van der Waals surface area contributed by atoms with Gasteiger partial charge >= 0.3 is 12.1 Å². The van der Waals surface area contributed by atoms with Gasteiger partial charge in [0.05, 0.1) is 11.4 Å². The highest BCUT2D eigenvalue weighted by Crippen LogP contribution is 2.19. The summed E-state index contributed by atoms with van der Waals surface area (Å²) in [5, 5.41) is 7.83. The highest BCUT2D eigenvalue weighted by atomic mass is 16.6. The lowest BCUT2D eigenvalue weighted by atomic mass is 10.2. The Balaban J connectivity index is 2.29. The molecule has 122 valence electrons. The van der Waals surface area contributed by atoms with Gasteiger partial charge in [-0.15, -0.1) is 0 Å². The van der Waals surface area contributed by atoms with Crippen LogP contribution in [-0.4, -0.2) is 30.8 Å². The van der Waals surface area contributed by atoms with E-state index in [2.05, 4.69) is 16.0 Å². The lowest BCUT2D eigenvalue weighted by Gasteiger charge is -2.19. The number of ether oxygens (including phenoxy) is 1. The second-order valence-corrected chi connectivity index (χ2v) is 5.90. The van der Waals surface area contributed by atoms with Gasteiger partial charge in [-0.1, -0.05) is 6.07 Å². The van der Waals surface area contributed by atoms with Crippen LogP contribution >= 0.6 is 0 Å². The summed E-state index contributed by atoms with van der Waals surface area (Å²) in [5.74, 6) is 0. The van der Waals surface area contributed by atoms with Crippen molar-refractivity contribution in [1.29, 1.82) is 0 Å². The molecule has 7 nitrogen and oxygen atoms in total. The van der Waals surface area contributed by atoms with Crippen LogP contribution in [-0.2, 0) is 4.74 Å². The standard InChI is InChI=1S/C15H24N4O3/c1-10-5-6-11(16)12(9-10)19-13(20)17-7-8-18-14(21)22-15(2,3)4/h5-6,9H,7-8,16H2,1-4H3,(H,18,21)(H2,17,19,20). The second-order valence-electron chi connectivity index (χ2n) is 5.90. The molecular formula is C15H24N4O3. The number of hydrogen-bond acceptors (Lipinski definition) is 4. The van der Waals surface area contributed by atoms with Crippen LogP contribution in [0.2, 0.25) is 0 Å². The molecule has 0 atom stereocenters. The maximum atomic E-state index is 11.7. The zero-order valence-corrected chi connectivity index (χ0v) is 13.4. The molecule has 1 rings (SSSR count). The molecule has 0 spiro atoms. The Labute approximate surface area is 130 Å². The van der Waals surface area contributed by atoms with Crippen LogP contribution in [0.25, 0.3) is 0 Å². The summed E-state index contributed by atoms with van der Waals surface area (Å²) in [7, 11) is 0. The average Bonchev–Trinajstić information content (AvgIpc) is 2.37. The zero-order valence-electron chi connectivity index (χ0n) is 13.4. The summed E-state index contributed by atoms with van der Waals surface area (Å²) >= 11 is 0.